The minimum absolute atomic E-state index is 0.0673. The molecule has 8 heteroatoms. The smallest absolute Gasteiger partial charge is 0.318 e. The number of hydrogen-bond acceptors (Lipinski definition) is 2. The predicted molar refractivity (Wildman–Crippen MR) is 142 cm³/mol. The van der Waals surface area contributed by atoms with Gasteiger partial charge in [0.05, 0.1) is 10.0 Å². The van der Waals surface area contributed by atoms with Crippen molar-refractivity contribution < 1.29 is 9.59 Å². The van der Waals surface area contributed by atoms with E-state index in [4.69, 9.17) is 23.2 Å². The molecule has 0 radical (unpaired) electrons. The third kappa shape index (κ3) is 6.71. The van der Waals surface area contributed by atoms with Gasteiger partial charge in [-0.3, -0.25) is 4.79 Å². The summed E-state index contributed by atoms with van der Waals surface area (Å²) in [4.78, 5) is 33.2. The van der Waals surface area contributed by atoms with Crippen LogP contribution in [0.3, 0.4) is 0 Å². The lowest BCUT2D eigenvalue weighted by Crippen LogP contribution is -2.48. The van der Waals surface area contributed by atoms with Crippen LogP contribution in [-0.2, 0) is 17.8 Å². The Morgan fingerprint density at radius 1 is 1.11 bits per heavy atom. The molecule has 0 unspecified atom stereocenters. The van der Waals surface area contributed by atoms with E-state index in [2.05, 4.69) is 23.3 Å². The van der Waals surface area contributed by atoms with Gasteiger partial charge in [-0.25, -0.2) is 4.79 Å². The number of nitrogens with zero attached hydrogens (tertiary/aromatic N) is 2. The summed E-state index contributed by atoms with van der Waals surface area (Å²) in [5, 5.41) is 5.07. The number of carbonyl (C=O) groups excluding carboxylic acids is 2. The number of carbonyl (C=O) groups is 2. The highest BCUT2D eigenvalue weighted by Gasteiger charge is 2.34. The summed E-state index contributed by atoms with van der Waals surface area (Å²) < 4.78 is 0. The van der Waals surface area contributed by atoms with E-state index >= 15 is 0 Å². The van der Waals surface area contributed by atoms with Crippen molar-refractivity contribution in [3.63, 3.8) is 0 Å². The number of benzene rings is 2. The van der Waals surface area contributed by atoms with E-state index in [0.29, 0.717) is 36.1 Å². The number of unbranched alkanes of at least 4 members (excludes halogenated alkanes) is 1. The van der Waals surface area contributed by atoms with Crippen molar-refractivity contribution in [1.29, 1.82) is 0 Å². The van der Waals surface area contributed by atoms with Crippen molar-refractivity contribution in [2.45, 2.75) is 51.6 Å². The normalized spacial score (nSPS) is 13.1. The molecule has 0 bridgehead atoms. The highest BCUT2D eigenvalue weighted by molar-refractivity contribution is 6.42. The number of rotatable bonds is 11. The molecule has 0 aliphatic heterocycles. The highest BCUT2D eigenvalue weighted by atomic mass is 35.5. The lowest BCUT2D eigenvalue weighted by Gasteiger charge is -2.28. The van der Waals surface area contributed by atoms with E-state index in [1.807, 2.05) is 35.4 Å². The summed E-state index contributed by atoms with van der Waals surface area (Å²) in [7, 11) is 0. The zero-order valence-electron chi connectivity index (χ0n) is 20.0. The third-order valence-corrected chi connectivity index (χ3v) is 7.14. The van der Waals surface area contributed by atoms with Crippen LogP contribution in [0.25, 0.3) is 10.9 Å². The molecule has 35 heavy (non-hydrogen) atoms. The summed E-state index contributed by atoms with van der Waals surface area (Å²) in [6.45, 7) is 3.70. The van der Waals surface area contributed by atoms with Gasteiger partial charge in [0, 0.05) is 42.8 Å². The lowest BCUT2D eigenvalue weighted by atomic mass is 10.1. The first-order valence-corrected chi connectivity index (χ1v) is 13.0. The maximum Gasteiger partial charge on any atom is 0.318 e. The number of H-pyrrole nitrogens is 1. The molecule has 3 aromatic rings. The first-order valence-electron chi connectivity index (χ1n) is 12.3. The highest BCUT2D eigenvalue weighted by Crippen LogP contribution is 2.28. The Hall–Kier alpha value is -2.70. The Bertz CT molecular complexity index is 1170. The average Bonchev–Trinajstić information content (AvgIpc) is 3.61. The van der Waals surface area contributed by atoms with E-state index in [1.54, 1.807) is 17.0 Å². The molecule has 2 N–H and O–H groups in total. The summed E-state index contributed by atoms with van der Waals surface area (Å²) in [6.07, 6.45) is 6.51. The molecule has 3 amide bonds. The van der Waals surface area contributed by atoms with Gasteiger partial charge in [-0.2, -0.15) is 0 Å². The first-order chi connectivity index (χ1) is 17.0. The molecular formula is C27H32Cl2N4O2. The number of para-hydroxylation sites is 1. The third-order valence-electron chi connectivity index (χ3n) is 6.40. The molecule has 186 valence electrons. The van der Waals surface area contributed by atoms with Crippen molar-refractivity contribution in [3.05, 3.63) is 69.8 Å². The zero-order chi connectivity index (χ0) is 24.8. The number of nitrogens with one attached hydrogen (secondary N) is 2. The molecule has 4 rings (SSSR count). The Morgan fingerprint density at radius 3 is 2.66 bits per heavy atom. The van der Waals surface area contributed by atoms with Crippen molar-refractivity contribution in [2.75, 3.05) is 19.6 Å². The Labute approximate surface area is 216 Å². The molecule has 1 heterocycles. The number of aromatic nitrogens is 1. The van der Waals surface area contributed by atoms with Crippen LogP contribution in [0, 0.1) is 0 Å². The van der Waals surface area contributed by atoms with Crippen LogP contribution in [-0.4, -0.2) is 52.4 Å². The second-order valence-electron chi connectivity index (χ2n) is 9.12. The quantitative estimate of drug-likeness (QED) is 0.307. The number of amides is 3. The van der Waals surface area contributed by atoms with Gasteiger partial charge in [-0.1, -0.05) is 60.8 Å². The maximum absolute atomic E-state index is 13.5. The van der Waals surface area contributed by atoms with Gasteiger partial charge in [0.15, 0.2) is 0 Å². The standard InChI is InChI=1S/C27H32Cl2N4O2/c1-2-3-13-30-27(35)33(21-9-10-21)18-26(34)32(17-19-8-11-23(28)24(29)15-19)14-12-20-16-31-25-7-5-4-6-22(20)25/h4-8,11,15-16,21,31H,2-3,9-10,12-14,17-18H2,1H3,(H,30,35). The van der Waals surface area contributed by atoms with Crippen LogP contribution in [0.2, 0.25) is 10.0 Å². The van der Waals surface area contributed by atoms with Gasteiger partial charge in [0.2, 0.25) is 5.91 Å². The molecule has 1 aromatic heterocycles. The molecule has 1 saturated carbocycles. The largest absolute Gasteiger partial charge is 0.361 e. The summed E-state index contributed by atoms with van der Waals surface area (Å²) >= 11 is 12.3. The van der Waals surface area contributed by atoms with E-state index < -0.39 is 0 Å². The van der Waals surface area contributed by atoms with Crippen molar-refractivity contribution in [3.8, 4) is 0 Å². The zero-order valence-corrected chi connectivity index (χ0v) is 21.5. The number of aromatic amines is 1. The molecular weight excluding hydrogens is 483 g/mol. The molecule has 0 saturated heterocycles. The molecule has 2 aromatic carbocycles. The summed E-state index contributed by atoms with van der Waals surface area (Å²) in [6, 6.07) is 13.6. The van der Waals surface area contributed by atoms with E-state index in [1.165, 1.54) is 0 Å². The lowest BCUT2D eigenvalue weighted by molar-refractivity contribution is -0.132. The fraction of sp³-hybridized carbons (Fsp3) is 0.407. The van der Waals surface area contributed by atoms with Crippen LogP contribution in [0.4, 0.5) is 4.79 Å². The topological polar surface area (TPSA) is 68.4 Å². The molecule has 1 fully saturated rings. The average molecular weight is 515 g/mol. The van der Waals surface area contributed by atoms with Crippen molar-refractivity contribution in [2.24, 2.45) is 0 Å². The summed E-state index contributed by atoms with van der Waals surface area (Å²) in [5.41, 5.74) is 3.13. The fourth-order valence-corrected chi connectivity index (χ4v) is 4.54. The number of fused-ring (bicyclic) bond motifs is 1. The Balaban J connectivity index is 1.49. The van der Waals surface area contributed by atoms with Gasteiger partial charge in [0.1, 0.15) is 6.54 Å². The van der Waals surface area contributed by atoms with E-state index in [9.17, 15) is 9.59 Å². The predicted octanol–water partition coefficient (Wildman–Crippen LogP) is 6.02. The number of urea groups is 1. The number of hydrogen-bond donors (Lipinski definition) is 2. The van der Waals surface area contributed by atoms with Crippen molar-refractivity contribution in [1.82, 2.24) is 20.1 Å². The summed E-state index contributed by atoms with van der Waals surface area (Å²) in [5.74, 6) is -0.0755. The van der Waals surface area contributed by atoms with Crippen LogP contribution in [0.5, 0.6) is 0 Å². The monoisotopic (exact) mass is 514 g/mol. The van der Waals surface area contributed by atoms with Gasteiger partial charge in [-0.15, -0.1) is 0 Å². The Morgan fingerprint density at radius 2 is 1.91 bits per heavy atom. The van der Waals surface area contributed by atoms with Gasteiger partial charge in [-0.05, 0) is 55.0 Å². The first kappa shape index (κ1) is 25.4. The SMILES string of the molecule is CCCCNC(=O)N(CC(=O)N(CCc1c[nH]c2ccccc12)Cc1ccc(Cl)c(Cl)c1)C1CC1. The maximum atomic E-state index is 13.5. The van der Waals surface area contributed by atoms with Crippen LogP contribution in [0.1, 0.15) is 43.7 Å². The molecule has 0 spiro atoms. The van der Waals surface area contributed by atoms with Crippen LogP contribution >= 0.6 is 23.2 Å². The second kappa shape index (κ2) is 11.8. The van der Waals surface area contributed by atoms with Crippen LogP contribution < -0.4 is 5.32 Å². The van der Waals surface area contributed by atoms with Gasteiger partial charge >= 0.3 is 6.03 Å². The molecule has 6 nitrogen and oxygen atoms in total. The molecule has 1 aliphatic rings. The van der Waals surface area contributed by atoms with Crippen molar-refractivity contribution >= 4 is 46.0 Å². The molecule has 1 aliphatic carbocycles. The second-order valence-corrected chi connectivity index (χ2v) is 9.93. The fourth-order valence-electron chi connectivity index (χ4n) is 4.22. The number of halogens is 2. The van der Waals surface area contributed by atoms with Gasteiger partial charge < -0.3 is 20.1 Å². The van der Waals surface area contributed by atoms with Gasteiger partial charge in [0.25, 0.3) is 0 Å². The van der Waals surface area contributed by atoms with E-state index in [0.717, 1.165) is 47.7 Å². The van der Waals surface area contributed by atoms with E-state index in [-0.39, 0.29) is 24.5 Å². The molecule has 0 atom stereocenters. The minimum atomic E-state index is -0.152. The minimum Gasteiger partial charge on any atom is -0.361 e. The van der Waals surface area contributed by atoms with Crippen LogP contribution in [0.15, 0.2) is 48.7 Å². The Kier molecular flexibility index (Phi) is 8.58.